The van der Waals surface area contributed by atoms with E-state index in [9.17, 15) is 0 Å². The largest absolute Gasteiger partial charge is 0.464 e. The molecule has 0 aliphatic rings. The van der Waals surface area contributed by atoms with Crippen molar-refractivity contribution in [2.24, 2.45) is 0 Å². The van der Waals surface area contributed by atoms with Crippen molar-refractivity contribution in [3.05, 3.63) is 28.2 Å². The molecule has 0 unspecified atom stereocenters. The number of benzene rings is 1. The van der Waals surface area contributed by atoms with Gasteiger partial charge in [-0.25, -0.2) is 0 Å². The van der Waals surface area contributed by atoms with Gasteiger partial charge in [-0.05, 0) is 25.1 Å². The third-order valence-corrected chi connectivity index (χ3v) is 2.67. The average Bonchev–Trinajstić information content (AvgIpc) is 2.37. The van der Waals surface area contributed by atoms with E-state index in [1.165, 1.54) is 0 Å². The summed E-state index contributed by atoms with van der Waals surface area (Å²) in [4.78, 5) is 12.4. The van der Waals surface area contributed by atoms with Gasteiger partial charge in [0.1, 0.15) is 0 Å². The van der Waals surface area contributed by atoms with Crippen molar-refractivity contribution in [2.45, 2.75) is 6.92 Å². The van der Waals surface area contributed by atoms with Crippen molar-refractivity contribution in [2.75, 3.05) is 24.3 Å². The summed E-state index contributed by atoms with van der Waals surface area (Å²) in [5.41, 5.74) is 0.679. The van der Waals surface area contributed by atoms with Crippen LogP contribution in [0.3, 0.4) is 0 Å². The topological polar surface area (TPSA) is 72.0 Å². The fraction of sp³-hybridized carbons (Fsp3) is 0.250. The Bertz CT molecular complexity index is 588. The van der Waals surface area contributed by atoms with Gasteiger partial charge in [0.25, 0.3) is 0 Å². The van der Waals surface area contributed by atoms with Gasteiger partial charge in [-0.3, -0.25) is 0 Å². The molecule has 0 amide bonds. The number of hydrogen-bond acceptors (Lipinski definition) is 6. The van der Waals surface area contributed by atoms with Gasteiger partial charge >= 0.3 is 6.01 Å². The van der Waals surface area contributed by atoms with Crippen molar-refractivity contribution in [1.29, 1.82) is 0 Å². The van der Waals surface area contributed by atoms with E-state index in [1.807, 2.05) is 6.92 Å². The maximum atomic E-state index is 5.94. The summed E-state index contributed by atoms with van der Waals surface area (Å²) < 4.78 is 5.28. The lowest BCUT2D eigenvalue weighted by molar-refractivity contribution is 0.312. The molecule has 0 atom stereocenters. The molecule has 106 valence electrons. The zero-order valence-electron chi connectivity index (χ0n) is 10.9. The maximum Gasteiger partial charge on any atom is 0.323 e. The number of rotatable bonds is 5. The van der Waals surface area contributed by atoms with Gasteiger partial charge in [0, 0.05) is 22.8 Å². The first-order valence-electron chi connectivity index (χ1n) is 5.90. The van der Waals surface area contributed by atoms with Gasteiger partial charge in [0.05, 0.1) is 6.61 Å². The molecule has 2 rings (SSSR count). The van der Waals surface area contributed by atoms with Gasteiger partial charge in [-0.1, -0.05) is 23.2 Å². The third-order valence-electron chi connectivity index (χ3n) is 2.23. The van der Waals surface area contributed by atoms with E-state index < -0.39 is 0 Å². The molecule has 0 aliphatic heterocycles. The van der Waals surface area contributed by atoms with Crippen molar-refractivity contribution in [3.8, 4) is 6.01 Å². The SMILES string of the molecule is CCOc1nc(NC)nc(Nc2cc(Cl)cc(Cl)c2)n1. The van der Waals surface area contributed by atoms with E-state index in [1.54, 1.807) is 25.2 Å². The number of anilines is 3. The van der Waals surface area contributed by atoms with E-state index in [4.69, 9.17) is 27.9 Å². The molecule has 0 fully saturated rings. The fourth-order valence-electron chi connectivity index (χ4n) is 1.47. The highest BCUT2D eigenvalue weighted by Gasteiger charge is 2.07. The van der Waals surface area contributed by atoms with Crippen LogP contribution in [0.1, 0.15) is 6.92 Å². The van der Waals surface area contributed by atoms with Gasteiger partial charge in [-0.15, -0.1) is 0 Å². The highest BCUT2D eigenvalue weighted by atomic mass is 35.5. The lowest BCUT2D eigenvalue weighted by atomic mass is 10.3. The molecule has 8 heteroatoms. The smallest absolute Gasteiger partial charge is 0.323 e. The summed E-state index contributed by atoms with van der Waals surface area (Å²) in [6.07, 6.45) is 0. The first-order valence-corrected chi connectivity index (χ1v) is 6.66. The van der Waals surface area contributed by atoms with E-state index in [2.05, 4.69) is 25.6 Å². The molecule has 1 aromatic heterocycles. The van der Waals surface area contributed by atoms with Crippen LogP contribution in [0.15, 0.2) is 18.2 Å². The number of hydrogen-bond donors (Lipinski definition) is 2. The molecule has 6 nitrogen and oxygen atoms in total. The molecule has 0 spiro atoms. The molecule has 0 saturated heterocycles. The van der Waals surface area contributed by atoms with E-state index in [0.717, 1.165) is 0 Å². The van der Waals surface area contributed by atoms with Crippen molar-refractivity contribution < 1.29 is 4.74 Å². The van der Waals surface area contributed by atoms with Crippen LogP contribution in [-0.2, 0) is 0 Å². The normalized spacial score (nSPS) is 10.2. The fourth-order valence-corrected chi connectivity index (χ4v) is 2.00. The monoisotopic (exact) mass is 313 g/mol. The number of ether oxygens (including phenoxy) is 1. The summed E-state index contributed by atoms with van der Waals surface area (Å²) in [6.45, 7) is 2.32. The Balaban J connectivity index is 2.29. The molecule has 20 heavy (non-hydrogen) atoms. The number of halogens is 2. The second-order valence-electron chi connectivity index (χ2n) is 3.73. The summed E-state index contributed by atoms with van der Waals surface area (Å²) in [5, 5.41) is 6.89. The number of nitrogens with one attached hydrogen (secondary N) is 2. The van der Waals surface area contributed by atoms with Crippen LogP contribution < -0.4 is 15.4 Å². The Kier molecular flexibility index (Phi) is 4.81. The minimum atomic E-state index is 0.238. The minimum Gasteiger partial charge on any atom is -0.464 e. The van der Waals surface area contributed by atoms with Crippen LogP contribution in [-0.4, -0.2) is 28.6 Å². The Morgan fingerprint density at radius 1 is 1.05 bits per heavy atom. The second-order valence-corrected chi connectivity index (χ2v) is 4.60. The highest BCUT2D eigenvalue weighted by molar-refractivity contribution is 6.35. The molecule has 0 saturated carbocycles. The lowest BCUT2D eigenvalue weighted by Gasteiger charge is -2.09. The van der Waals surface area contributed by atoms with Crippen LogP contribution in [0.2, 0.25) is 10.0 Å². The molecule has 1 heterocycles. The predicted molar refractivity (Wildman–Crippen MR) is 80.3 cm³/mol. The van der Waals surface area contributed by atoms with Gasteiger partial charge in [0.2, 0.25) is 11.9 Å². The summed E-state index contributed by atoms with van der Waals surface area (Å²) in [5.74, 6) is 0.741. The summed E-state index contributed by atoms with van der Waals surface area (Å²) in [7, 11) is 1.71. The van der Waals surface area contributed by atoms with Crippen LogP contribution in [0, 0.1) is 0 Å². The van der Waals surface area contributed by atoms with E-state index >= 15 is 0 Å². The molecular weight excluding hydrogens is 301 g/mol. The first kappa shape index (κ1) is 14.6. The molecule has 0 radical (unpaired) electrons. The molecule has 0 aliphatic carbocycles. The summed E-state index contributed by atoms with van der Waals surface area (Å²) in [6, 6.07) is 5.32. The Morgan fingerprint density at radius 2 is 1.70 bits per heavy atom. The Hall–Kier alpha value is -1.79. The highest BCUT2D eigenvalue weighted by Crippen LogP contribution is 2.24. The number of nitrogens with zero attached hydrogens (tertiary/aromatic N) is 3. The zero-order valence-corrected chi connectivity index (χ0v) is 12.5. The van der Waals surface area contributed by atoms with Gasteiger partial charge in [0.15, 0.2) is 0 Å². The van der Waals surface area contributed by atoms with Crippen molar-refractivity contribution >= 4 is 40.8 Å². The predicted octanol–water partition coefficient (Wildman–Crippen LogP) is 3.36. The lowest BCUT2D eigenvalue weighted by Crippen LogP contribution is -2.07. The Morgan fingerprint density at radius 3 is 2.30 bits per heavy atom. The van der Waals surface area contributed by atoms with Gasteiger partial charge < -0.3 is 15.4 Å². The van der Waals surface area contributed by atoms with Crippen LogP contribution >= 0.6 is 23.2 Å². The molecular formula is C12H13Cl2N5O. The van der Waals surface area contributed by atoms with Crippen LogP contribution in [0.4, 0.5) is 17.6 Å². The third kappa shape index (κ3) is 3.85. The molecule has 1 aromatic carbocycles. The Labute approximate surface area is 126 Å². The quantitative estimate of drug-likeness (QED) is 0.882. The van der Waals surface area contributed by atoms with E-state index in [0.29, 0.717) is 34.2 Å². The zero-order chi connectivity index (χ0) is 14.5. The van der Waals surface area contributed by atoms with Crippen LogP contribution in [0.25, 0.3) is 0 Å². The second kappa shape index (κ2) is 6.58. The minimum absolute atomic E-state index is 0.238. The van der Waals surface area contributed by atoms with E-state index in [-0.39, 0.29) is 6.01 Å². The maximum absolute atomic E-state index is 5.94. The summed E-state index contributed by atoms with van der Waals surface area (Å²) >= 11 is 11.9. The standard InChI is InChI=1S/C12H13Cl2N5O/c1-3-20-12-18-10(15-2)17-11(19-12)16-9-5-7(13)4-8(14)6-9/h4-6H,3H2,1-2H3,(H2,15,16,17,18,19). The molecule has 2 N–H and O–H groups in total. The molecule has 0 bridgehead atoms. The first-order chi connectivity index (χ1) is 9.60. The molecule has 2 aromatic rings. The number of aromatic nitrogens is 3. The van der Waals surface area contributed by atoms with Crippen LogP contribution in [0.5, 0.6) is 6.01 Å². The average molecular weight is 314 g/mol. The van der Waals surface area contributed by atoms with Gasteiger partial charge in [-0.2, -0.15) is 15.0 Å². The van der Waals surface area contributed by atoms with Crippen molar-refractivity contribution in [3.63, 3.8) is 0 Å². The van der Waals surface area contributed by atoms with Crippen molar-refractivity contribution in [1.82, 2.24) is 15.0 Å².